The molecule has 0 N–H and O–H groups in total. The Morgan fingerprint density at radius 1 is 1.23 bits per heavy atom. The number of para-hydroxylation sites is 1. The van der Waals surface area contributed by atoms with Gasteiger partial charge in [-0.3, -0.25) is 4.79 Å². The molecule has 0 saturated carbocycles. The van der Waals surface area contributed by atoms with E-state index in [1.807, 2.05) is 0 Å². The van der Waals surface area contributed by atoms with Crippen molar-refractivity contribution in [2.45, 2.75) is 43.1 Å². The zero-order chi connectivity index (χ0) is 18.9. The number of carbonyl (C=O) groups excluding carboxylic acids is 1. The number of thioether (sulfide) groups is 1. The van der Waals surface area contributed by atoms with Gasteiger partial charge in [0.15, 0.2) is 0 Å². The minimum absolute atomic E-state index is 0.0573. The standard InChI is InChI=1S/C18H20F3N3OS/c1-11-7-9-24(10-8-11)16(25)12(2)26-15-13-5-3-4-6-14(13)22-17(23-15)18(19,20)21/h3-6,11-12H,7-10H2,1-2H3/t12-/m1/s1. The van der Waals surface area contributed by atoms with Crippen molar-refractivity contribution in [3.8, 4) is 0 Å². The van der Waals surface area contributed by atoms with Crippen molar-refractivity contribution in [2.75, 3.05) is 13.1 Å². The number of nitrogens with zero attached hydrogens (tertiary/aromatic N) is 3. The second-order valence-electron chi connectivity index (χ2n) is 6.64. The maximum Gasteiger partial charge on any atom is 0.451 e. The van der Waals surface area contributed by atoms with E-state index in [-0.39, 0.29) is 16.4 Å². The predicted octanol–water partition coefficient (Wildman–Crippen LogP) is 4.39. The molecule has 2 heterocycles. The fourth-order valence-electron chi connectivity index (χ4n) is 2.97. The molecule has 1 aliphatic rings. The fourth-order valence-corrected chi connectivity index (χ4v) is 3.99. The first-order chi connectivity index (χ1) is 12.3. The Balaban J connectivity index is 1.86. The van der Waals surface area contributed by atoms with E-state index in [4.69, 9.17) is 0 Å². The zero-order valence-electron chi connectivity index (χ0n) is 14.6. The smallest absolute Gasteiger partial charge is 0.342 e. The quantitative estimate of drug-likeness (QED) is 0.583. The average Bonchev–Trinajstić information content (AvgIpc) is 2.61. The number of alkyl halides is 3. The average molecular weight is 383 g/mol. The third-order valence-corrected chi connectivity index (χ3v) is 5.64. The fraction of sp³-hybridized carbons (Fsp3) is 0.500. The third kappa shape index (κ3) is 4.11. The Morgan fingerprint density at radius 3 is 2.54 bits per heavy atom. The minimum atomic E-state index is -4.63. The van der Waals surface area contributed by atoms with Gasteiger partial charge in [-0.1, -0.05) is 36.9 Å². The molecule has 1 aromatic heterocycles. The molecule has 26 heavy (non-hydrogen) atoms. The molecule has 0 unspecified atom stereocenters. The molecule has 0 radical (unpaired) electrons. The molecule has 1 aromatic carbocycles. The van der Waals surface area contributed by atoms with Crippen molar-refractivity contribution in [1.29, 1.82) is 0 Å². The lowest BCUT2D eigenvalue weighted by atomic mass is 9.99. The van der Waals surface area contributed by atoms with E-state index in [0.717, 1.165) is 24.6 Å². The summed E-state index contributed by atoms with van der Waals surface area (Å²) in [6.45, 7) is 5.27. The molecule has 1 aliphatic heterocycles. The second kappa shape index (κ2) is 7.42. The highest BCUT2D eigenvalue weighted by atomic mass is 32.2. The molecule has 140 valence electrons. The maximum atomic E-state index is 13.1. The number of rotatable bonds is 3. The summed E-state index contributed by atoms with van der Waals surface area (Å²) < 4.78 is 39.3. The van der Waals surface area contributed by atoms with E-state index >= 15 is 0 Å². The Hall–Kier alpha value is -1.83. The first-order valence-corrected chi connectivity index (χ1v) is 9.43. The molecule has 4 nitrogen and oxygen atoms in total. The molecule has 2 aromatic rings. The van der Waals surface area contributed by atoms with Gasteiger partial charge in [-0.05, 0) is 31.7 Å². The number of halogens is 3. The van der Waals surface area contributed by atoms with Crippen LogP contribution in [0.15, 0.2) is 29.3 Å². The van der Waals surface area contributed by atoms with Crippen LogP contribution in [0.1, 0.15) is 32.5 Å². The maximum absolute atomic E-state index is 13.1. The van der Waals surface area contributed by atoms with Crippen LogP contribution in [0.2, 0.25) is 0 Å². The van der Waals surface area contributed by atoms with Crippen LogP contribution in [0, 0.1) is 5.92 Å². The summed E-state index contributed by atoms with van der Waals surface area (Å²) in [4.78, 5) is 21.8. The number of likely N-dealkylation sites (tertiary alicyclic amines) is 1. The zero-order valence-corrected chi connectivity index (χ0v) is 15.4. The van der Waals surface area contributed by atoms with Crippen LogP contribution >= 0.6 is 11.8 Å². The predicted molar refractivity (Wildman–Crippen MR) is 94.8 cm³/mol. The van der Waals surface area contributed by atoms with E-state index in [1.165, 1.54) is 6.07 Å². The van der Waals surface area contributed by atoms with Gasteiger partial charge in [-0.15, -0.1) is 0 Å². The summed E-state index contributed by atoms with van der Waals surface area (Å²) in [6.07, 6.45) is -2.72. The van der Waals surface area contributed by atoms with E-state index in [9.17, 15) is 18.0 Å². The third-order valence-electron chi connectivity index (χ3n) is 4.55. The first-order valence-electron chi connectivity index (χ1n) is 8.55. The summed E-state index contributed by atoms with van der Waals surface area (Å²) in [6, 6.07) is 6.56. The number of hydrogen-bond acceptors (Lipinski definition) is 4. The molecule has 1 saturated heterocycles. The number of piperidine rings is 1. The lowest BCUT2D eigenvalue weighted by molar-refractivity contribution is -0.145. The monoisotopic (exact) mass is 383 g/mol. The molecule has 0 spiro atoms. The molecular weight excluding hydrogens is 363 g/mol. The van der Waals surface area contributed by atoms with Crippen molar-refractivity contribution in [2.24, 2.45) is 5.92 Å². The molecule has 1 amide bonds. The van der Waals surface area contributed by atoms with E-state index in [2.05, 4.69) is 16.9 Å². The largest absolute Gasteiger partial charge is 0.451 e. The number of aromatic nitrogens is 2. The van der Waals surface area contributed by atoms with Gasteiger partial charge in [0.05, 0.1) is 10.8 Å². The number of amides is 1. The summed E-state index contributed by atoms with van der Waals surface area (Å²) in [7, 11) is 0. The van der Waals surface area contributed by atoms with Gasteiger partial charge >= 0.3 is 6.18 Å². The lowest BCUT2D eigenvalue weighted by Crippen LogP contribution is -2.41. The van der Waals surface area contributed by atoms with Gasteiger partial charge in [0.1, 0.15) is 5.03 Å². The van der Waals surface area contributed by atoms with Gasteiger partial charge in [0, 0.05) is 18.5 Å². The molecule has 1 atom stereocenters. The number of fused-ring (bicyclic) bond motifs is 1. The van der Waals surface area contributed by atoms with Crippen molar-refractivity contribution >= 4 is 28.6 Å². The van der Waals surface area contributed by atoms with Crippen LogP contribution < -0.4 is 0 Å². The molecular formula is C18H20F3N3OS. The highest BCUT2D eigenvalue weighted by molar-refractivity contribution is 8.00. The van der Waals surface area contributed by atoms with E-state index in [1.54, 1.807) is 30.0 Å². The molecule has 1 fully saturated rings. The van der Waals surface area contributed by atoms with Crippen LogP contribution in [-0.4, -0.2) is 39.1 Å². The Labute approximate surface area is 154 Å². The summed E-state index contributed by atoms with van der Waals surface area (Å²) in [5.74, 6) is -0.634. The highest BCUT2D eigenvalue weighted by Crippen LogP contribution is 2.34. The number of benzene rings is 1. The van der Waals surface area contributed by atoms with Crippen LogP contribution in [0.25, 0.3) is 10.9 Å². The van der Waals surface area contributed by atoms with Crippen LogP contribution in [-0.2, 0) is 11.0 Å². The van der Waals surface area contributed by atoms with Crippen molar-refractivity contribution in [1.82, 2.24) is 14.9 Å². The summed E-state index contributed by atoms with van der Waals surface area (Å²) in [5, 5.41) is 0.203. The lowest BCUT2D eigenvalue weighted by Gasteiger charge is -2.32. The van der Waals surface area contributed by atoms with Crippen LogP contribution in [0.4, 0.5) is 13.2 Å². The van der Waals surface area contributed by atoms with Gasteiger partial charge in [-0.25, -0.2) is 9.97 Å². The summed E-state index contributed by atoms with van der Waals surface area (Å²) >= 11 is 1.06. The van der Waals surface area contributed by atoms with E-state index in [0.29, 0.717) is 24.4 Å². The number of carbonyl (C=O) groups is 1. The number of hydrogen-bond donors (Lipinski definition) is 0. The van der Waals surface area contributed by atoms with Crippen LogP contribution in [0.3, 0.4) is 0 Å². The minimum Gasteiger partial charge on any atom is -0.342 e. The van der Waals surface area contributed by atoms with Gasteiger partial charge in [0.2, 0.25) is 11.7 Å². The van der Waals surface area contributed by atoms with Gasteiger partial charge in [0.25, 0.3) is 0 Å². The first kappa shape index (κ1) is 18.9. The second-order valence-corrected chi connectivity index (χ2v) is 7.96. The van der Waals surface area contributed by atoms with Crippen molar-refractivity contribution in [3.63, 3.8) is 0 Å². The highest BCUT2D eigenvalue weighted by Gasteiger charge is 2.36. The molecule has 3 rings (SSSR count). The SMILES string of the molecule is CC1CCN(C(=O)[C@@H](C)Sc2nc(C(F)(F)F)nc3ccccc23)CC1. The van der Waals surface area contributed by atoms with Gasteiger partial charge in [-0.2, -0.15) is 13.2 Å². The molecule has 0 bridgehead atoms. The van der Waals surface area contributed by atoms with Crippen molar-refractivity contribution in [3.05, 3.63) is 30.1 Å². The molecule has 0 aliphatic carbocycles. The van der Waals surface area contributed by atoms with Crippen LogP contribution in [0.5, 0.6) is 0 Å². The normalized spacial score (nSPS) is 17.5. The Morgan fingerprint density at radius 2 is 1.88 bits per heavy atom. The van der Waals surface area contributed by atoms with E-state index < -0.39 is 17.3 Å². The Bertz CT molecular complexity index is 804. The topological polar surface area (TPSA) is 46.1 Å². The van der Waals surface area contributed by atoms with Crippen molar-refractivity contribution < 1.29 is 18.0 Å². The Kier molecular flexibility index (Phi) is 5.41. The molecule has 8 heteroatoms. The summed E-state index contributed by atoms with van der Waals surface area (Å²) in [5.41, 5.74) is 0.226. The van der Waals surface area contributed by atoms with Gasteiger partial charge < -0.3 is 4.90 Å².